The van der Waals surface area contributed by atoms with Crippen molar-refractivity contribution in [3.63, 3.8) is 0 Å². The van der Waals surface area contributed by atoms with Crippen LogP contribution in [0.2, 0.25) is 0 Å². The number of thioether (sulfide) groups is 1. The number of hydrogen-bond acceptors (Lipinski definition) is 6. The maximum absolute atomic E-state index is 5.70. The van der Waals surface area contributed by atoms with Gasteiger partial charge in [-0.25, -0.2) is 4.68 Å². The van der Waals surface area contributed by atoms with E-state index in [1.807, 2.05) is 41.1 Å². The van der Waals surface area contributed by atoms with Crippen molar-refractivity contribution in [3.8, 4) is 17.1 Å². The Morgan fingerprint density at radius 1 is 1.25 bits per heavy atom. The van der Waals surface area contributed by atoms with Crippen molar-refractivity contribution in [2.45, 2.75) is 30.3 Å². The Balaban J connectivity index is 1.51. The van der Waals surface area contributed by atoms with Gasteiger partial charge in [-0.2, -0.15) is 0 Å². The summed E-state index contributed by atoms with van der Waals surface area (Å²) in [6, 6.07) is 11.8. The average molecular weight is 342 g/mol. The number of nitrogens with one attached hydrogen (secondary N) is 1. The van der Waals surface area contributed by atoms with Crippen LogP contribution in [-0.4, -0.2) is 21.5 Å². The summed E-state index contributed by atoms with van der Waals surface area (Å²) in [6.45, 7) is 2.90. The largest absolute Gasteiger partial charge is 0.494 e. The van der Waals surface area contributed by atoms with E-state index in [0.29, 0.717) is 0 Å². The molecule has 1 unspecified atom stereocenters. The third-order valence-corrected chi connectivity index (χ3v) is 4.83. The van der Waals surface area contributed by atoms with Gasteiger partial charge in [-0.3, -0.25) is 0 Å². The van der Waals surface area contributed by atoms with Crippen molar-refractivity contribution in [1.82, 2.24) is 14.9 Å². The molecule has 4 rings (SSSR count). The van der Waals surface area contributed by atoms with Crippen molar-refractivity contribution in [2.75, 3.05) is 12.0 Å². The van der Waals surface area contributed by atoms with E-state index in [9.17, 15) is 0 Å². The van der Waals surface area contributed by atoms with Gasteiger partial charge in [-0.05, 0) is 54.6 Å². The molecule has 0 amide bonds. The monoisotopic (exact) mass is 342 g/mol. The molecule has 3 heterocycles. The quantitative estimate of drug-likeness (QED) is 0.681. The highest BCUT2D eigenvalue weighted by atomic mass is 32.2. The molecule has 0 fully saturated rings. The number of fused-ring (bicyclic) bond motifs is 1. The summed E-state index contributed by atoms with van der Waals surface area (Å²) in [4.78, 5) is 0. The first-order chi connectivity index (χ1) is 11.8. The molecule has 24 heavy (non-hydrogen) atoms. The Bertz CT molecular complexity index is 799. The Labute approximate surface area is 144 Å². The number of rotatable bonds is 6. The lowest BCUT2D eigenvalue weighted by Crippen LogP contribution is -2.13. The summed E-state index contributed by atoms with van der Waals surface area (Å²) in [5.74, 6) is 2.53. The standard InChI is InChI=1S/C17H18N4O2S/c1-2-3-10-22-13-8-6-12(7-9-13)15-18-19-17-21(15)20-16(24-17)14-5-4-11-23-14/h4-9,11,16,20H,2-3,10H2,1H3. The smallest absolute Gasteiger partial charge is 0.212 e. The van der Waals surface area contributed by atoms with Gasteiger partial charge in [0.1, 0.15) is 11.5 Å². The van der Waals surface area contributed by atoms with Gasteiger partial charge in [0.15, 0.2) is 11.2 Å². The zero-order valence-electron chi connectivity index (χ0n) is 13.3. The molecular weight excluding hydrogens is 324 g/mol. The number of nitrogens with zero attached hydrogens (tertiary/aromatic N) is 3. The Kier molecular flexibility index (Phi) is 4.17. The van der Waals surface area contributed by atoms with E-state index in [4.69, 9.17) is 9.15 Å². The lowest BCUT2D eigenvalue weighted by Gasteiger charge is -2.10. The molecule has 3 aromatic rings. The topological polar surface area (TPSA) is 65.1 Å². The third kappa shape index (κ3) is 2.87. The number of furan rings is 1. The van der Waals surface area contributed by atoms with E-state index in [1.54, 1.807) is 18.0 Å². The summed E-state index contributed by atoms with van der Waals surface area (Å²) in [6.07, 6.45) is 3.87. The molecular formula is C17H18N4O2S. The van der Waals surface area contributed by atoms with E-state index in [1.165, 1.54) is 0 Å². The van der Waals surface area contributed by atoms with Gasteiger partial charge in [0, 0.05) is 5.56 Å². The second-order valence-electron chi connectivity index (χ2n) is 5.51. The van der Waals surface area contributed by atoms with Crippen LogP contribution in [0.1, 0.15) is 30.9 Å². The number of aromatic nitrogens is 3. The van der Waals surface area contributed by atoms with Crippen LogP contribution in [0, 0.1) is 0 Å². The first kappa shape index (κ1) is 15.1. The van der Waals surface area contributed by atoms with Gasteiger partial charge < -0.3 is 14.6 Å². The zero-order chi connectivity index (χ0) is 16.4. The van der Waals surface area contributed by atoms with Gasteiger partial charge in [0.25, 0.3) is 0 Å². The molecule has 1 N–H and O–H groups in total. The van der Waals surface area contributed by atoms with Crippen LogP contribution in [0.3, 0.4) is 0 Å². The molecule has 0 radical (unpaired) electrons. The molecule has 7 heteroatoms. The molecule has 0 saturated carbocycles. The fourth-order valence-corrected chi connectivity index (χ4v) is 3.45. The van der Waals surface area contributed by atoms with Crippen molar-refractivity contribution < 1.29 is 9.15 Å². The minimum Gasteiger partial charge on any atom is -0.494 e. The number of benzene rings is 1. The lowest BCUT2D eigenvalue weighted by molar-refractivity contribution is 0.309. The number of unbranched alkanes of at least 4 members (excludes halogenated alkanes) is 1. The second kappa shape index (κ2) is 6.60. The molecule has 2 aromatic heterocycles. The molecule has 6 nitrogen and oxygen atoms in total. The van der Waals surface area contributed by atoms with E-state index in [-0.39, 0.29) is 5.37 Å². The van der Waals surface area contributed by atoms with Crippen LogP contribution in [0.25, 0.3) is 11.4 Å². The highest BCUT2D eigenvalue weighted by Gasteiger charge is 2.29. The number of hydrogen-bond donors (Lipinski definition) is 1. The van der Waals surface area contributed by atoms with E-state index in [0.717, 1.165) is 47.5 Å². The highest BCUT2D eigenvalue weighted by Crippen LogP contribution is 2.40. The van der Waals surface area contributed by atoms with Crippen molar-refractivity contribution in [3.05, 3.63) is 48.4 Å². The maximum atomic E-state index is 5.70. The predicted octanol–water partition coefficient (Wildman–Crippen LogP) is 4.07. The lowest BCUT2D eigenvalue weighted by atomic mass is 10.2. The SMILES string of the molecule is CCCCOc1ccc(-c2nnc3n2NC(c2ccco2)S3)cc1. The second-order valence-corrected chi connectivity index (χ2v) is 6.58. The molecule has 0 saturated heterocycles. The number of ether oxygens (including phenoxy) is 1. The highest BCUT2D eigenvalue weighted by molar-refractivity contribution is 7.99. The predicted molar refractivity (Wildman–Crippen MR) is 92.5 cm³/mol. The average Bonchev–Trinajstić information content (AvgIpc) is 3.32. The van der Waals surface area contributed by atoms with E-state index in [2.05, 4.69) is 22.5 Å². The van der Waals surface area contributed by atoms with Crippen LogP contribution in [0.15, 0.2) is 52.2 Å². The van der Waals surface area contributed by atoms with Crippen molar-refractivity contribution >= 4 is 11.8 Å². The van der Waals surface area contributed by atoms with Crippen molar-refractivity contribution in [2.24, 2.45) is 0 Å². The molecule has 1 aliphatic rings. The van der Waals surface area contributed by atoms with Crippen LogP contribution in [0.5, 0.6) is 5.75 Å². The fourth-order valence-electron chi connectivity index (χ4n) is 2.50. The Hall–Kier alpha value is -2.41. The van der Waals surface area contributed by atoms with Gasteiger partial charge in [-0.1, -0.05) is 13.3 Å². The Morgan fingerprint density at radius 2 is 2.12 bits per heavy atom. The van der Waals surface area contributed by atoms with Crippen molar-refractivity contribution in [1.29, 1.82) is 0 Å². The fraction of sp³-hybridized carbons (Fsp3) is 0.294. The van der Waals surface area contributed by atoms with Gasteiger partial charge in [0.05, 0.1) is 12.9 Å². The minimum atomic E-state index is 0.0147. The molecule has 0 spiro atoms. The molecule has 1 atom stereocenters. The molecule has 1 aliphatic heterocycles. The molecule has 1 aromatic carbocycles. The first-order valence-electron chi connectivity index (χ1n) is 8.00. The minimum absolute atomic E-state index is 0.0147. The van der Waals surface area contributed by atoms with E-state index < -0.39 is 0 Å². The summed E-state index contributed by atoms with van der Waals surface area (Å²) in [7, 11) is 0. The summed E-state index contributed by atoms with van der Waals surface area (Å²) >= 11 is 1.59. The normalized spacial score (nSPS) is 16.0. The third-order valence-electron chi connectivity index (χ3n) is 3.78. The van der Waals surface area contributed by atoms with Gasteiger partial charge in [0.2, 0.25) is 5.16 Å². The van der Waals surface area contributed by atoms with Crippen LogP contribution < -0.4 is 10.2 Å². The van der Waals surface area contributed by atoms with Gasteiger partial charge in [-0.15, -0.1) is 10.2 Å². The Morgan fingerprint density at radius 3 is 2.88 bits per heavy atom. The summed E-state index contributed by atoms with van der Waals surface area (Å²) in [5, 5.41) is 9.39. The van der Waals surface area contributed by atoms with Crippen LogP contribution in [-0.2, 0) is 0 Å². The summed E-state index contributed by atoms with van der Waals surface area (Å²) < 4.78 is 13.1. The zero-order valence-corrected chi connectivity index (χ0v) is 14.1. The first-order valence-corrected chi connectivity index (χ1v) is 8.88. The molecule has 0 aliphatic carbocycles. The molecule has 124 valence electrons. The van der Waals surface area contributed by atoms with E-state index >= 15 is 0 Å². The maximum Gasteiger partial charge on any atom is 0.212 e. The van der Waals surface area contributed by atoms with Crippen LogP contribution in [0.4, 0.5) is 0 Å². The van der Waals surface area contributed by atoms with Crippen LogP contribution >= 0.6 is 11.8 Å². The summed E-state index contributed by atoms with van der Waals surface area (Å²) in [5.41, 5.74) is 4.36. The molecule has 0 bridgehead atoms. The van der Waals surface area contributed by atoms with Gasteiger partial charge >= 0.3 is 0 Å².